The SMILES string of the molecule is CCCCNC(=O)C(Cc1ccccc1)N(Cc1ccc(Cl)cc1Cl)C(=O)Cc1ccccc1[N+](=O)[O-]. The number of carbonyl (C=O) groups excluding carboxylic acids is 2. The molecule has 3 aromatic rings. The third-order valence-electron chi connectivity index (χ3n) is 5.99. The van der Waals surface area contributed by atoms with Crippen LogP contribution < -0.4 is 5.32 Å². The largest absolute Gasteiger partial charge is 0.354 e. The number of para-hydroxylation sites is 1. The number of nitro groups is 1. The average molecular weight is 542 g/mol. The predicted octanol–water partition coefficient (Wildman–Crippen LogP) is 6.00. The lowest BCUT2D eigenvalue weighted by atomic mass is 10.0. The number of unbranched alkanes of at least 4 members (excludes halogenated alkanes) is 1. The Morgan fingerprint density at radius 2 is 1.70 bits per heavy atom. The van der Waals surface area contributed by atoms with Crippen LogP contribution in [-0.4, -0.2) is 34.2 Å². The molecule has 1 unspecified atom stereocenters. The predicted molar refractivity (Wildman–Crippen MR) is 146 cm³/mol. The molecule has 194 valence electrons. The third kappa shape index (κ3) is 8.03. The summed E-state index contributed by atoms with van der Waals surface area (Å²) < 4.78 is 0. The Labute approximate surface area is 226 Å². The van der Waals surface area contributed by atoms with Crippen LogP contribution in [0.5, 0.6) is 0 Å². The van der Waals surface area contributed by atoms with Crippen LogP contribution >= 0.6 is 23.2 Å². The first-order valence-electron chi connectivity index (χ1n) is 12.1. The summed E-state index contributed by atoms with van der Waals surface area (Å²) in [6, 6.07) is 19.6. The molecule has 7 nitrogen and oxygen atoms in total. The minimum atomic E-state index is -0.860. The van der Waals surface area contributed by atoms with Crippen LogP contribution in [0.25, 0.3) is 0 Å². The molecule has 0 aromatic heterocycles. The van der Waals surface area contributed by atoms with E-state index in [-0.39, 0.29) is 36.5 Å². The summed E-state index contributed by atoms with van der Waals surface area (Å²) in [5.74, 6) is -0.717. The van der Waals surface area contributed by atoms with Crippen molar-refractivity contribution in [3.63, 3.8) is 0 Å². The first-order valence-corrected chi connectivity index (χ1v) is 12.8. The van der Waals surface area contributed by atoms with Crippen molar-refractivity contribution in [3.8, 4) is 0 Å². The van der Waals surface area contributed by atoms with E-state index < -0.39 is 16.9 Å². The molecule has 37 heavy (non-hydrogen) atoms. The van der Waals surface area contributed by atoms with Gasteiger partial charge in [0, 0.05) is 41.2 Å². The van der Waals surface area contributed by atoms with E-state index in [9.17, 15) is 19.7 Å². The molecule has 3 aromatic carbocycles. The normalized spacial score (nSPS) is 11.5. The minimum Gasteiger partial charge on any atom is -0.354 e. The van der Waals surface area contributed by atoms with Crippen LogP contribution in [0.3, 0.4) is 0 Å². The lowest BCUT2D eigenvalue weighted by molar-refractivity contribution is -0.385. The van der Waals surface area contributed by atoms with E-state index >= 15 is 0 Å². The van der Waals surface area contributed by atoms with Gasteiger partial charge in [-0.25, -0.2) is 0 Å². The molecule has 0 radical (unpaired) electrons. The van der Waals surface area contributed by atoms with Crippen LogP contribution in [0, 0.1) is 10.1 Å². The number of hydrogen-bond donors (Lipinski definition) is 1. The molecule has 9 heteroatoms. The number of rotatable bonds is 12. The van der Waals surface area contributed by atoms with E-state index in [0.717, 1.165) is 18.4 Å². The van der Waals surface area contributed by atoms with E-state index in [1.807, 2.05) is 37.3 Å². The number of nitrogens with zero attached hydrogens (tertiary/aromatic N) is 2. The second-order valence-electron chi connectivity index (χ2n) is 8.67. The third-order valence-corrected chi connectivity index (χ3v) is 6.57. The van der Waals surface area contributed by atoms with E-state index in [4.69, 9.17) is 23.2 Å². The summed E-state index contributed by atoms with van der Waals surface area (Å²) in [4.78, 5) is 39.8. The van der Waals surface area contributed by atoms with Crippen molar-refractivity contribution >= 4 is 40.7 Å². The van der Waals surface area contributed by atoms with Gasteiger partial charge in [-0.2, -0.15) is 0 Å². The Bertz CT molecular complexity index is 1240. The summed E-state index contributed by atoms with van der Waals surface area (Å²) >= 11 is 12.5. The fraction of sp³-hybridized carbons (Fsp3) is 0.286. The zero-order valence-electron chi connectivity index (χ0n) is 20.5. The molecule has 0 fully saturated rings. The number of hydrogen-bond acceptors (Lipinski definition) is 4. The van der Waals surface area contributed by atoms with Crippen molar-refractivity contribution in [1.82, 2.24) is 10.2 Å². The molecule has 1 atom stereocenters. The highest BCUT2D eigenvalue weighted by Gasteiger charge is 2.31. The van der Waals surface area contributed by atoms with Crippen molar-refractivity contribution in [2.24, 2.45) is 0 Å². The van der Waals surface area contributed by atoms with Crippen molar-refractivity contribution in [3.05, 3.63) is 110 Å². The van der Waals surface area contributed by atoms with Gasteiger partial charge in [0.05, 0.1) is 11.3 Å². The standard InChI is InChI=1S/C28H29Cl2N3O4/c1-2-3-15-31-28(35)26(16-20-9-5-4-6-10-20)32(19-22-13-14-23(29)18-24(22)30)27(34)17-21-11-7-8-12-25(21)33(36)37/h4-14,18,26H,2-3,15-17,19H2,1H3,(H,31,35). The molecular formula is C28H29Cl2N3O4. The number of benzene rings is 3. The highest BCUT2D eigenvalue weighted by atomic mass is 35.5. The topological polar surface area (TPSA) is 92.6 Å². The fourth-order valence-electron chi connectivity index (χ4n) is 4.00. The number of nitrogens with one attached hydrogen (secondary N) is 1. The molecule has 0 saturated carbocycles. The van der Waals surface area contributed by atoms with Crippen LogP contribution in [-0.2, 0) is 29.0 Å². The van der Waals surface area contributed by atoms with Gasteiger partial charge in [-0.3, -0.25) is 19.7 Å². The Morgan fingerprint density at radius 1 is 1.00 bits per heavy atom. The maximum absolute atomic E-state index is 13.8. The maximum Gasteiger partial charge on any atom is 0.273 e. The molecule has 0 bridgehead atoms. The van der Waals surface area contributed by atoms with E-state index in [1.54, 1.807) is 36.4 Å². The lowest BCUT2D eigenvalue weighted by Gasteiger charge is -2.32. The van der Waals surface area contributed by atoms with Gasteiger partial charge < -0.3 is 10.2 Å². The number of halogens is 2. The quantitative estimate of drug-likeness (QED) is 0.173. The van der Waals surface area contributed by atoms with Crippen molar-refractivity contribution in [1.29, 1.82) is 0 Å². The van der Waals surface area contributed by atoms with Crippen molar-refractivity contribution < 1.29 is 14.5 Å². The van der Waals surface area contributed by atoms with Crippen molar-refractivity contribution in [2.45, 2.75) is 45.2 Å². The lowest BCUT2D eigenvalue weighted by Crippen LogP contribution is -2.51. The average Bonchev–Trinajstić information content (AvgIpc) is 2.88. The van der Waals surface area contributed by atoms with Gasteiger partial charge in [0.1, 0.15) is 6.04 Å². The number of carbonyl (C=O) groups is 2. The first-order chi connectivity index (χ1) is 17.8. The zero-order valence-corrected chi connectivity index (χ0v) is 22.0. The van der Waals surface area contributed by atoms with E-state index in [0.29, 0.717) is 22.2 Å². The smallest absolute Gasteiger partial charge is 0.273 e. The first kappa shape index (κ1) is 28.2. The summed E-state index contributed by atoms with van der Waals surface area (Å²) in [7, 11) is 0. The summed E-state index contributed by atoms with van der Waals surface area (Å²) in [5.41, 5.74) is 1.62. The summed E-state index contributed by atoms with van der Waals surface area (Å²) in [6.45, 7) is 2.54. The molecular weight excluding hydrogens is 513 g/mol. The molecule has 2 amide bonds. The van der Waals surface area contributed by atoms with E-state index in [1.165, 1.54) is 11.0 Å². The van der Waals surface area contributed by atoms with Crippen LogP contribution in [0.2, 0.25) is 10.0 Å². The molecule has 3 rings (SSSR count). The van der Waals surface area contributed by atoms with Gasteiger partial charge >= 0.3 is 0 Å². The second kappa shape index (κ2) is 13.8. The van der Waals surface area contributed by atoms with Crippen LogP contribution in [0.1, 0.15) is 36.5 Å². The Hall–Kier alpha value is -3.42. The van der Waals surface area contributed by atoms with E-state index in [2.05, 4.69) is 5.32 Å². The Balaban J connectivity index is 2.01. The van der Waals surface area contributed by atoms with Crippen LogP contribution in [0.15, 0.2) is 72.8 Å². The molecule has 0 spiro atoms. The molecule has 0 aliphatic carbocycles. The molecule has 0 saturated heterocycles. The fourth-order valence-corrected chi connectivity index (χ4v) is 4.46. The number of nitro benzene ring substituents is 1. The highest BCUT2D eigenvalue weighted by Crippen LogP contribution is 2.26. The Kier molecular flexibility index (Phi) is 10.5. The minimum absolute atomic E-state index is 0.0359. The van der Waals surface area contributed by atoms with Gasteiger partial charge in [-0.05, 0) is 29.7 Å². The van der Waals surface area contributed by atoms with Crippen molar-refractivity contribution in [2.75, 3.05) is 6.54 Å². The molecule has 0 heterocycles. The number of amides is 2. The van der Waals surface area contributed by atoms with Gasteiger partial charge in [-0.1, -0.05) is 91.1 Å². The summed E-state index contributed by atoms with van der Waals surface area (Å²) in [5, 5.41) is 15.3. The monoisotopic (exact) mass is 541 g/mol. The zero-order chi connectivity index (χ0) is 26.8. The van der Waals surface area contributed by atoms with Crippen LogP contribution in [0.4, 0.5) is 5.69 Å². The molecule has 1 N–H and O–H groups in total. The van der Waals surface area contributed by atoms with Gasteiger partial charge in [0.15, 0.2) is 0 Å². The van der Waals surface area contributed by atoms with Gasteiger partial charge in [0.25, 0.3) is 5.69 Å². The highest BCUT2D eigenvalue weighted by molar-refractivity contribution is 6.35. The van der Waals surface area contributed by atoms with Gasteiger partial charge in [0.2, 0.25) is 11.8 Å². The second-order valence-corrected chi connectivity index (χ2v) is 9.51. The Morgan fingerprint density at radius 3 is 2.38 bits per heavy atom. The van der Waals surface area contributed by atoms with Gasteiger partial charge in [-0.15, -0.1) is 0 Å². The molecule has 0 aliphatic rings. The maximum atomic E-state index is 13.8. The molecule has 0 aliphatic heterocycles. The summed E-state index contributed by atoms with van der Waals surface area (Å²) in [6.07, 6.45) is 1.74.